The molecule has 83 valence electrons. The van der Waals surface area contributed by atoms with E-state index in [-0.39, 0.29) is 10.8 Å². The highest BCUT2D eigenvalue weighted by molar-refractivity contribution is 7.86. The topological polar surface area (TPSA) is 94.8 Å². The van der Waals surface area contributed by atoms with Crippen molar-refractivity contribution in [2.24, 2.45) is 0 Å². The number of phenolic OH excluding ortho intramolecular Hbond substituents is 2. The molecule has 5 nitrogen and oxygen atoms in total. The zero-order valence-electron chi connectivity index (χ0n) is 7.88. The lowest BCUT2D eigenvalue weighted by Crippen LogP contribution is -2.00. The van der Waals surface area contributed by atoms with E-state index < -0.39 is 26.5 Å². The number of aromatic hydroxyl groups is 2. The second kappa shape index (κ2) is 3.36. The first-order chi connectivity index (χ1) is 7.41. The Morgan fingerprint density at radius 3 is 2.38 bits per heavy atom. The molecule has 0 heterocycles. The normalized spacial score (nSPS) is 11.8. The summed E-state index contributed by atoms with van der Waals surface area (Å²) < 4.78 is 31.2. The fraction of sp³-hybridized carbons (Fsp3) is 0. The molecule has 6 heteroatoms. The molecule has 0 unspecified atom stereocenters. The van der Waals surface area contributed by atoms with Crippen LogP contribution >= 0.6 is 0 Å². The molecule has 16 heavy (non-hydrogen) atoms. The summed E-state index contributed by atoms with van der Waals surface area (Å²) in [4.78, 5) is -0.709. The van der Waals surface area contributed by atoms with Gasteiger partial charge in [-0.05, 0) is 5.39 Å². The van der Waals surface area contributed by atoms with Crippen molar-refractivity contribution in [3.05, 3.63) is 30.3 Å². The lowest BCUT2D eigenvalue weighted by molar-refractivity contribution is 0.390. The van der Waals surface area contributed by atoms with Gasteiger partial charge in [0.05, 0.1) is 0 Å². The van der Waals surface area contributed by atoms with Gasteiger partial charge >= 0.3 is 0 Å². The highest BCUT2D eigenvalue weighted by Gasteiger charge is 2.22. The molecule has 2 aromatic rings. The van der Waals surface area contributed by atoms with E-state index in [1.807, 2.05) is 0 Å². The molecule has 3 N–H and O–H groups in total. The van der Waals surface area contributed by atoms with Gasteiger partial charge in [-0.2, -0.15) is 8.42 Å². The molecule has 0 spiro atoms. The van der Waals surface area contributed by atoms with E-state index in [4.69, 9.17) is 4.55 Å². The molecule has 2 aromatic carbocycles. The van der Waals surface area contributed by atoms with E-state index >= 15 is 0 Å². The Labute approximate surface area is 91.3 Å². The lowest BCUT2D eigenvalue weighted by atomic mass is 10.1. The van der Waals surface area contributed by atoms with E-state index in [2.05, 4.69) is 6.07 Å². The Morgan fingerprint density at radius 1 is 1.12 bits per heavy atom. The zero-order valence-corrected chi connectivity index (χ0v) is 8.69. The number of fused-ring (bicyclic) bond motifs is 1. The minimum absolute atomic E-state index is 0.0975. The number of benzene rings is 2. The van der Waals surface area contributed by atoms with Crippen LogP contribution in [0.4, 0.5) is 0 Å². The second-order valence-corrected chi connectivity index (χ2v) is 4.53. The van der Waals surface area contributed by atoms with Crippen molar-refractivity contribution in [3.8, 4) is 11.5 Å². The summed E-state index contributed by atoms with van der Waals surface area (Å²) in [5, 5.41) is 19.1. The highest BCUT2D eigenvalue weighted by atomic mass is 32.2. The third-order valence-electron chi connectivity index (χ3n) is 2.12. The van der Waals surface area contributed by atoms with Crippen LogP contribution in [-0.4, -0.2) is 23.2 Å². The van der Waals surface area contributed by atoms with Gasteiger partial charge in [0.25, 0.3) is 10.1 Å². The molecule has 0 saturated carbocycles. The Morgan fingerprint density at radius 2 is 1.75 bits per heavy atom. The molecule has 0 aromatic heterocycles. The van der Waals surface area contributed by atoms with Crippen LogP contribution in [0.3, 0.4) is 0 Å². The van der Waals surface area contributed by atoms with Crippen molar-refractivity contribution in [1.82, 2.24) is 0 Å². The maximum Gasteiger partial charge on any atom is 0.298 e. The van der Waals surface area contributed by atoms with Gasteiger partial charge in [0.15, 0.2) is 11.5 Å². The Bertz CT molecular complexity index is 660. The fourth-order valence-corrected chi connectivity index (χ4v) is 2.27. The zero-order chi connectivity index (χ0) is 11.9. The monoisotopic (exact) mass is 239 g/mol. The first kappa shape index (κ1) is 10.7. The number of rotatable bonds is 1. The smallest absolute Gasteiger partial charge is 0.298 e. The van der Waals surface area contributed by atoms with Crippen LogP contribution in [0.1, 0.15) is 0 Å². The number of hydrogen-bond acceptors (Lipinski definition) is 4. The van der Waals surface area contributed by atoms with Crippen LogP contribution in [-0.2, 0) is 10.1 Å². The Kier molecular flexibility index (Phi) is 2.25. The van der Waals surface area contributed by atoms with Crippen LogP contribution in [0.5, 0.6) is 11.5 Å². The third kappa shape index (κ3) is 1.58. The molecule has 0 bridgehead atoms. The quantitative estimate of drug-likeness (QED) is 0.515. The summed E-state index contributed by atoms with van der Waals surface area (Å²) in [5.41, 5.74) is 0. The Hall–Kier alpha value is -1.79. The van der Waals surface area contributed by atoms with E-state index in [1.165, 1.54) is 12.1 Å². The molecule has 0 amide bonds. The summed E-state index contributed by atoms with van der Waals surface area (Å²) in [7, 11) is -4.61. The van der Waals surface area contributed by atoms with Gasteiger partial charge in [0, 0.05) is 11.5 Å². The van der Waals surface area contributed by atoms with Gasteiger partial charge < -0.3 is 10.2 Å². The first-order valence-electron chi connectivity index (χ1n) is 4.24. The van der Waals surface area contributed by atoms with E-state index in [0.717, 1.165) is 0 Å². The SMILES string of the molecule is O=S(=O)(O)c1c(O)c(O)[c]c2ccccc12. The van der Waals surface area contributed by atoms with Gasteiger partial charge in [0.2, 0.25) is 0 Å². The van der Waals surface area contributed by atoms with E-state index in [1.54, 1.807) is 12.1 Å². The maximum atomic E-state index is 11.1. The van der Waals surface area contributed by atoms with Crippen LogP contribution < -0.4 is 0 Å². The summed E-state index contributed by atoms with van der Waals surface area (Å²) in [6, 6.07) is 8.46. The van der Waals surface area contributed by atoms with Gasteiger partial charge in [-0.1, -0.05) is 24.3 Å². The molecule has 0 aliphatic heterocycles. The summed E-state index contributed by atoms with van der Waals surface area (Å²) in [6.45, 7) is 0. The second-order valence-electron chi connectivity index (χ2n) is 3.17. The summed E-state index contributed by atoms with van der Waals surface area (Å²) in [5.74, 6) is -1.62. The van der Waals surface area contributed by atoms with Crippen LogP contribution in [0, 0.1) is 6.07 Å². The predicted octanol–water partition coefficient (Wildman–Crippen LogP) is 1.30. The fourth-order valence-electron chi connectivity index (χ4n) is 1.47. The van der Waals surface area contributed by atoms with Crippen molar-refractivity contribution in [2.75, 3.05) is 0 Å². The summed E-state index contributed by atoms with van der Waals surface area (Å²) >= 11 is 0. The van der Waals surface area contributed by atoms with E-state index in [9.17, 15) is 18.6 Å². The van der Waals surface area contributed by atoms with E-state index in [0.29, 0.717) is 0 Å². The number of phenols is 2. The molecule has 0 atom stereocenters. The average Bonchev–Trinajstić information content (AvgIpc) is 2.17. The van der Waals surface area contributed by atoms with Gasteiger partial charge in [0.1, 0.15) is 4.90 Å². The van der Waals surface area contributed by atoms with Gasteiger partial charge in [-0.25, -0.2) is 0 Å². The molecule has 0 fully saturated rings. The van der Waals surface area contributed by atoms with Crippen LogP contribution in [0.2, 0.25) is 0 Å². The molecular formula is C10H7O5S. The average molecular weight is 239 g/mol. The molecule has 1 radical (unpaired) electrons. The maximum absolute atomic E-state index is 11.1. The predicted molar refractivity (Wildman–Crippen MR) is 55.9 cm³/mol. The van der Waals surface area contributed by atoms with Crippen LogP contribution in [0.25, 0.3) is 10.8 Å². The molecule has 0 aliphatic carbocycles. The largest absolute Gasteiger partial charge is 0.504 e. The third-order valence-corrected chi connectivity index (χ3v) is 3.05. The Balaban J connectivity index is 3.05. The van der Waals surface area contributed by atoms with Crippen molar-refractivity contribution >= 4 is 20.9 Å². The molecule has 0 aliphatic rings. The standard InChI is InChI=1S/C10H7O5S/c11-8-5-6-3-1-2-4-7(6)10(9(8)12)16(13,14)15/h1-4,11-12H,(H,13,14,15). The highest BCUT2D eigenvalue weighted by Crippen LogP contribution is 2.37. The number of hydrogen-bond donors (Lipinski definition) is 3. The van der Waals surface area contributed by atoms with Crippen molar-refractivity contribution < 1.29 is 23.2 Å². The van der Waals surface area contributed by atoms with Gasteiger partial charge in [-0.15, -0.1) is 0 Å². The first-order valence-corrected chi connectivity index (χ1v) is 5.68. The van der Waals surface area contributed by atoms with Crippen molar-refractivity contribution in [3.63, 3.8) is 0 Å². The van der Waals surface area contributed by atoms with Gasteiger partial charge in [-0.3, -0.25) is 4.55 Å². The minimum Gasteiger partial charge on any atom is -0.504 e. The molecule has 0 saturated heterocycles. The molecule has 2 rings (SSSR count). The van der Waals surface area contributed by atoms with Crippen molar-refractivity contribution in [2.45, 2.75) is 4.90 Å². The van der Waals surface area contributed by atoms with Crippen molar-refractivity contribution in [1.29, 1.82) is 0 Å². The molecular weight excluding hydrogens is 232 g/mol. The van der Waals surface area contributed by atoms with Crippen LogP contribution in [0.15, 0.2) is 29.2 Å². The minimum atomic E-state index is -4.61. The lowest BCUT2D eigenvalue weighted by Gasteiger charge is -2.07. The summed E-state index contributed by atoms with van der Waals surface area (Å²) in [6.07, 6.45) is 0.